The first-order chi connectivity index (χ1) is 14.9. The largest absolute Gasteiger partial charge is 0.507 e. The Morgan fingerprint density at radius 3 is 2.03 bits per heavy atom. The highest BCUT2D eigenvalue weighted by Crippen LogP contribution is 2.44. The molecule has 1 aliphatic rings. The Morgan fingerprint density at radius 1 is 1.00 bits per heavy atom. The summed E-state index contributed by atoms with van der Waals surface area (Å²) in [6.45, 7) is 17.0. The zero-order valence-electron chi connectivity index (χ0n) is 20.5. The molecule has 0 aliphatic carbocycles. The van der Waals surface area contributed by atoms with Crippen LogP contribution in [0.3, 0.4) is 0 Å². The third kappa shape index (κ3) is 5.33. The number of carbonyl (C=O) groups excluding carboxylic acids is 1. The van der Waals surface area contributed by atoms with Crippen molar-refractivity contribution >= 4 is 5.97 Å². The molecule has 2 aromatic carbocycles. The SMILES string of the molecule is CC(=O)Oc1ccccc1C(c1cc(C(C)(C)C)c(O)c(C(C)(C)C)c1)N1CCOCC1. The Hall–Kier alpha value is -2.37. The quantitative estimate of drug-likeness (QED) is 0.515. The van der Waals surface area contributed by atoms with Crippen molar-refractivity contribution in [3.63, 3.8) is 0 Å². The second-order valence-electron chi connectivity index (χ2n) is 10.6. The summed E-state index contributed by atoms with van der Waals surface area (Å²) in [5.41, 5.74) is 3.40. The predicted octanol–water partition coefficient (Wildman–Crippen LogP) is 5.33. The number of hydrogen-bond donors (Lipinski definition) is 1. The summed E-state index contributed by atoms with van der Waals surface area (Å²) in [6.07, 6.45) is 0. The van der Waals surface area contributed by atoms with Gasteiger partial charge in [-0.15, -0.1) is 0 Å². The Balaban J connectivity index is 2.28. The minimum Gasteiger partial charge on any atom is -0.507 e. The molecule has 1 unspecified atom stereocenters. The number of esters is 1. The van der Waals surface area contributed by atoms with Crippen LogP contribution >= 0.6 is 0 Å². The van der Waals surface area contributed by atoms with E-state index >= 15 is 0 Å². The summed E-state index contributed by atoms with van der Waals surface area (Å²) in [6, 6.07) is 11.8. The van der Waals surface area contributed by atoms with E-state index in [1.807, 2.05) is 24.3 Å². The first-order valence-corrected chi connectivity index (χ1v) is 11.4. The molecule has 0 radical (unpaired) electrons. The molecule has 0 spiro atoms. The van der Waals surface area contributed by atoms with Gasteiger partial charge < -0.3 is 14.6 Å². The highest BCUT2D eigenvalue weighted by Gasteiger charge is 2.32. The van der Waals surface area contributed by atoms with Crippen molar-refractivity contribution in [2.75, 3.05) is 26.3 Å². The van der Waals surface area contributed by atoms with E-state index in [2.05, 4.69) is 58.6 Å². The fourth-order valence-electron chi connectivity index (χ4n) is 4.34. The van der Waals surface area contributed by atoms with Crippen LogP contribution in [0.4, 0.5) is 0 Å². The lowest BCUT2D eigenvalue weighted by Crippen LogP contribution is -2.40. The van der Waals surface area contributed by atoms with Gasteiger partial charge in [-0.2, -0.15) is 0 Å². The maximum Gasteiger partial charge on any atom is 0.308 e. The molecular weight excluding hydrogens is 402 g/mol. The average molecular weight is 440 g/mol. The second kappa shape index (κ2) is 9.24. The normalized spacial score (nSPS) is 16.6. The van der Waals surface area contributed by atoms with Crippen molar-refractivity contribution in [1.82, 2.24) is 4.90 Å². The lowest BCUT2D eigenvalue weighted by Gasteiger charge is -2.37. The number of phenolic OH excluding ortho intramolecular Hbond substituents is 1. The van der Waals surface area contributed by atoms with Gasteiger partial charge in [-0.3, -0.25) is 9.69 Å². The minimum absolute atomic E-state index is 0.128. The molecule has 1 aliphatic heterocycles. The molecule has 3 rings (SSSR count). The topological polar surface area (TPSA) is 59.0 Å². The van der Waals surface area contributed by atoms with Crippen LogP contribution in [0.2, 0.25) is 0 Å². The summed E-state index contributed by atoms with van der Waals surface area (Å²) in [7, 11) is 0. The summed E-state index contributed by atoms with van der Waals surface area (Å²) in [5.74, 6) is 0.594. The van der Waals surface area contributed by atoms with E-state index in [0.29, 0.717) is 24.7 Å². The lowest BCUT2D eigenvalue weighted by molar-refractivity contribution is -0.132. The third-order valence-corrected chi connectivity index (χ3v) is 5.94. The molecule has 1 atom stereocenters. The number of carbonyl (C=O) groups is 1. The van der Waals surface area contributed by atoms with Crippen LogP contribution in [0.1, 0.15) is 76.8 Å². The van der Waals surface area contributed by atoms with Crippen molar-refractivity contribution in [2.24, 2.45) is 0 Å². The Kier molecular flexibility index (Phi) is 7.01. The number of ether oxygens (including phenoxy) is 2. The molecule has 1 heterocycles. The smallest absolute Gasteiger partial charge is 0.308 e. The Bertz CT molecular complexity index is 927. The molecule has 174 valence electrons. The molecule has 5 nitrogen and oxygen atoms in total. The molecule has 0 saturated carbocycles. The lowest BCUT2D eigenvalue weighted by atomic mass is 9.77. The van der Waals surface area contributed by atoms with E-state index in [1.54, 1.807) is 0 Å². The molecule has 1 fully saturated rings. The maximum absolute atomic E-state index is 11.8. The summed E-state index contributed by atoms with van der Waals surface area (Å²) >= 11 is 0. The number of phenols is 1. The highest BCUT2D eigenvalue weighted by molar-refractivity contribution is 5.70. The van der Waals surface area contributed by atoms with Gasteiger partial charge in [0.2, 0.25) is 0 Å². The standard InChI is InChI=1S/C27H37NO4/c1-18(29)32-23-11-9-8-10-20(23)24(28-12-14-31-15-13-28)19-16-21(26(2,3)4)25(30)22(17-19)27(5,6)7/h8-11,16-17,24,30H,12-15H2,1-7H3. The minimum atomic E-state index is -0.338. The molecule has 0 amide bonds. The Morgan fingerprint density at radius 2 is 1.53 bits per heavy atom. The second-order valence-corrected chi connectivity index (χ2v) is 10.6. The van der Waals surface area contributed by atoms with E-state index in [-0.39, 0.29) is 22.8 Å². The number of nitrogens with zero attached hydrogens (tertiary/aromatic N) is 1. The van der Waals surface area contributed by atoms with E-state index in [1.165, 1.54) is 6.92 Å². The fraction of sp³-hybridized carbons (Fsp3) is 0.519. The number of morpholine rings is 1. The van der Waals surface area contributed by atoms with Gasteiger partial charge in [-0.1, -0.05) is 59.7 Å². The average Bonchev–Trinajstić information content (AvgIpc) is 2.69. The number of hydrogen-bond acceptors (Lipinski definition) is 5. The van der Waals surface area contributed by atoms with Gasteiger partial charge in [0, 0.05) is 25.6 Å². The molecule has 1 saturated heterocycles. The predicted molar refractivity (Wildman–Crippen MR) is 127 cm³/mol. The van der Waals surface area contributed by atoms with Crippen molar-refractivity contribution < 1.29 is 19.4 Å². The third-order valence-electron chi connectivity index (χ3n) is 5.94. The van der Waals surface area contributed by atoms with Gasteiger partial charge in [-0.05, 0) is 45.7 Å². The van der Waals surface area contributed by atoms with Crippen molar-refractivity contribution in [2.45, 2.75) is 65.3 Å². The number of para-hydroxylation sites is 1. The molecule has 32 heavy (non-hydrogen) atoms. The molecule has 2 aromatic rings. The monoisotopic (exact) mass is 439 g/mol. The van der Waals surface area contributed by atoms with E-state index in [9.17, 15) is 9.90 Å². The van der Waals surface area contributed by atoms with Crippen LogP contribution in [-0.4, -0.2) is 42.3 Å². The van der Waals surface area contributed by atoms with Crippen LogP contribution in [0.15, 0.2) is 36.4 Å². The van der Waals surface area contributed by atoms with Gasteiger partial charge in [0.25, 0.3) is 0 Å². The van der Waals surface area contributed by atoms with Crippen LogP contribution in [0, 0.1) is 0 Å². The fourth-order valence-corrected chi connectivity index (χ4v) is 4.34. The zero-order chi connectivity index (χ0) is 23.7. The van der Waals surface area contributed by atoms with Crippen LogP contribution in [0.5, 0.6) is 11.5 Å². The van der Waals surface area contributed by atoms with Crippen molar-refractivity contribution in [1.29, 1.82) is 0 Å². The maximum atomic E-state index is 11.8. The highest BCUT2D eigenvalue weighted by atomic mass is 16.5. The van der Waals surface area contributed by atoms with Crippen molar-refractivity contribution in [3.8, 4) is 11.5 Å². The number of rotatable bonds is 4. The van der Waals surface area contributed by atoms with Crippen LogP contribution in [-0.2, 0) is 20.4 Å². The first kappa shape index (κ1) is 24.3. The van der Waals surface area contributed by atoms with Gasteiger partial charge in [0.15, 0.2) is 0 Å². The number of benzene rings is 2. The molecule has 5 heteroatoms. The van der Waals surface area contributed by atoms with Crippen LogP contribution < -0.4 is 4.74 Å². The van der Waals surface area contributed by atoms with E-state index < -0.39 is 0 Å². The number of aromatic hydroxyl groups is 1. The summed E-state index contributed by atoms with van der Waals surface area (Å²) in [4.78, 5) is 14.2. The van der Waals surface area contributed by atoms with Gasteiger partial charge in [-0.25, -0.2) is 0 Å². The molecule has 0 bridgehead atoms. The molecular formula is C27H37NO4. The van der Waals surface area contributed by atoms with Gasteiger partial charge >= 0.3 is 5.97 Å². The van der Waals surface area contributed by atoms with Gasteiger partial charge in [0.05, 0.1) is 19.3 Å². The van der Waals surface area contributed by atoms with Crippen molar-refractivity contribution in [3.05, 3.63) is 58.7 Å². The first-order valence-electron chi connectivity index (χ1n) is 11.4. The van der Waals surface area contributed by atoms with Gasteiger partial charge in [0.1, 0.15) is 11.5 Å². The molecule has 1 N–H and O–H groups in total. The van der Waals surface area contributed by atoms with E-state index in [0.717, 1.165) is 35.3 Å². The van der Waals surface area contributed by atoms with Crippen LogP contribution in [0.25, 0.3) is 0 Å². The molecule has 0 aromatic heterocycles. The zero-order valence-corrected chi connectivity index (χ0v) is 20.5. The Labute approximate surface area is 192 Å². The summed E-state index contributed by atoms with van der Waals surface area (Å²) in [5, 5.41) is 11.2. The summed E-state index contributed by atoms with van der Waals surface area (Å²) < 4.78 is 11.2. The van der Waals surface area contributed by atoms with E-state index in [4.69, 9.17) is 9.47 Å².